The maximum absolute atomic E-state index is 13.3. The van der Waals surface area contributed by atoms with Crippen LogP contribution in [-0.2, 0) is 14.4 Å². The summed E-state index contributed by atoms with van der Waals surface area (Å²) in [5, 5.41) is 16.4. The third-order valence-electron chi connectivity index (χ3n) is 6.99. The van der Waals surface area contributed by atoms with Crippen molar-refractivity contribution in [2.45, 2.75) is 24.3 Å². The number of carbonyl (C=O) groups excluding carboxylic acids is 2. The lowest BCUT2D eigenvalue weighted by Crippen LogP contribution is -2.64. The van der Waals surface area contributed by atoms with Gasteiger partial charge in [-0.2, -0.15) is 26.3 Å². The molecule has 2 amide bonds. The zero-order valence-electron chi connectivity index (χ0n) is 23.0. The topological polar surface area (TPSA) is 131 Å². The van der Waals surface area contributed by atoms with Crippen LogP contribution in [0.15, 0.2) is 67.0 Å². The minimum Gasteiger partial charge on any atom is -0.475 e. The van der Waals surface area contributed by atoms with Gasteiger partial charge in [0.1, 0.15) is 0 Å². The Morgan fingerprint density at radius 3 is 2.00 bits per heavy atom. The van der Waals surface area contributed by atoms with Crippen molar-refractivity contribution in [3.63, 3.8) is 0 Å². The highest BCUT2D eigenvalue weighted by atomic mass is 19.4. The Hall–Kier alpha value is -4.73. The fourth-order valence-electron chi connectivity index (χ4n) is 4.68. The third kappa shape index (κ3) is 8.21. The monoisotopic (exact) mass is 628 g/mol. The second kappa shape index (κ2) is 13.3. The number of carboxylic acid groups (broad SMARTS) is 2. The molecule has 0 aliphatic carbocycles. The number of pyridine rings is 1. The molecule has 0 radical (unpaired) electrons. The molecule has 2 saturated heterocycles. The van der Waals surface area contributed by atoms with Gasteiger partial charge in [0.25, 0.3) is 5.91 Å². The van der Waals surface area contributed by atoms with E-state index < -0.39 is 24.3 Å². The Labute approximate surface area is 246 Å². The third-order valence-corrected chi connectivity index (χ3v) is 6.99. The van der Waals surface area contributed by atoms with Crippen LogP contribution in [0.25, 0.3) is 10.8 Å². The molecule has 2 aromatic carbocycles. The van der Waals surface area contributed by atoms with Gasteiger partial charge in [-0.3, -0.25) is 19.5 Å². The molecule has 3 aromatic rings. The van der Waals surface area contributed by atoms with E-state index in [0.717, 1.165) is 22.9 Å². The predicted molar refractivity (Wildman–Crippen MR) is 144 cm³/mol. The number of hydrogen-bond donors (Lipinski definition) is 2. The van der Waals surface area contributed by atoms with Gasteiger partial charge < -0.3 is 20.0 Å². The van der Waals surface area contributed by atoms with Gasteiger partial charge in [0.2, 0.25) is 5.91 Å². The Morgan fingerprint density at radius 1 is 0.864 bits per heavy atom. The van der Waals surface area contributed by atoms with Crippen LogP contribution in [0.5, 0.6) is 0 Å². The molecule has 1 aromatic heterocycles. The number of benzene rings is 2. The summed E-state index contributed by atoms with van der Waals surface area (Å²) in [5.74, 6) is -5.40. The fourth-order valence-corrected chi connectivity index (χ4v) is 4.68. The minimum atomic E-state index is -5.08. The molecule has 1 atom stereocenters. The van der Waals surface area contributed by atoms with Gasteiger partial charge in [0.15, 0.2) is 0 Å². The summed E-state index contributed by atoms with van der Waals surface area (Å²) in [5.41, 5.74) is 1.29. The molecule has 1 spiro atoms. The highest BCUT2D eigenvalue weighted by molar-refractivity contribution is 5.99. The first-order chi connectivity index (χ1) is 20.4. The van der Waals surface area contributed by atoms with Crippen molar-refractivity contribution in [1.82, 2.24) is 14.8 Å². The van der Waals surface area contributed by atoms with E-state index in [4.69, 9.17) is 19.8 Å². The first-order valence-corrected chi connectivity index (χ1v) is 12.7. The molecule has 236 valence electrons. The molecule has 5 rings (SSSR count). The van der Waals surface area contributed by atoms with E-state index in [1.807, 2.05) is 65.4 Å². The summed E-state index contributed by atoms with van der Waals surface area (Å²) in [4.78, 5) is 53.8. The highest BCUT2D eigenvalue weighted by Gasteiger charge is 2.48. The second-order valence-electron chi connectivity index (χ2n) is 9.92. The zero-order chi connectivity index (χ0) is 32.9. The van der Waals surface area contributed by atoms with Crippen LogP contribution >= 0.6 is 0 Å². The standard InChI is InChI=1S/C24H24N4O2.2C2HF3O2/c1-26-15-22(29)28(21-7-4-11-25-14-21)17-24(26)10-12-27(16-24)23(30)20-9-8-18-5-2-3-6-19(18)13-20;2*3-2(4,5)1(6)7/h2-9,11,13-14H,10,12,15-17H2,1H3;2*(H,6,7). The Balaban J connectivity index is 0.000000317. The van der Waals surface area contributed by atoms with Crippen molar-refractivity contribution in [3.05, 3.63) is 72.6 Å². The first-order valence-electron chi connectivity index (χ1n) is 12.7. The summed E-state index contributed by atoms with van der Waals surface area (Å²) in [6, 6.07) is 17.7. The molecule has 2 aliphatic rings. The Bertz CT molecular complexity index is 1490. The summed E-state index contributed by atoms with van der Waals surface area (Å²) in [7, 11) is 1.99. The quantitative estimate of drug-likeness (QED) is 0.407. The van der Waals surface area contributed by atoms with E-state index in [1.54, 1.807) is 12.4 Å². The van der Waals surface area contributed by atoms with Gasteiger partial charge in [0, 0.05) is 31.4 Å². The van der Waals surface area contributed by atoms with E-state index >= 15 is 0 Å². The van der Waals surface area contributed by atoms with Crippen LogP contribution in [0.3, 0.4) is 0 Å². The maximum atomic E-state index is 13.3. The summed E-state index contributed by atoms with van der Waals surface area (Å²) < 4.78 is 63.5. The van der Waals surface area contributed by atoms with E-state index in [1.165, 1.54) is 0 Å². The summed E-state index contributed by atoms with van der Waals surface area (Å²) in [6.45, 7) is 2.20. The van der Waals surface area contributed by atoms with Gasteiger partial charge in [-0.1, -0.05) is 30.3 Å². The number of likely N-dealkylation sites (N-methyl/N-ethyl adjacent to an activating group) is 1. The molecule has 2 N–H and O–H groups in total. The molecule has 1 unspecified atom stereocenters. The van der Waals surface area contributed by atoms with Crippen LogP contribution < -0.4 is 4.90 Å². The molecule has 0 bridgehead atoms. The van der Waals surface area contributed by atoms with E-state index in [9.17, 15) is 35.9 Å². The number of amides is 2. The van der Waals surface area contributed by atoms with Crippen molar-refractivity contribution in [2.24, 2.45) is 0 Å². The molecule has 2 aliphatic heterocycles. The van der Waals surface area contributed by atoms with E-state index in [-0.39, 0.29) is 17.4 Å². The van der Waals surface area contributed by atoms with Crippen molar-refractivity contribution < 1.29 is 55.7 Å². The number of likely N-dealkylation sites (tertiary alicyclic amines) is 1. The van der Waals surface area contributed by atoms with Gasteiger partial charge >= 0.3 is 24.3 Å². The molecule has 44 heavy (non-hydrogen) atoms. The number of aliphatic carboxylic acids is 2. The number of rotatable bonds is 2. The van der Waals surface area contributed by atoms with E-state index in [2.05, 4.69) is 16.0 Å². The van der Waals surface area contributed by atoms with Crippen LogP contribution in [-0.4, -0.2) is 99.9 Å². The number of anilines is 1. The lowest BCUT2D eigenvalue weighted by molar-refractivity contribution is -0.193. The molecule has 10 nitrogen and oxygen atoms in total. The lowest BCUT2D eigenvalue weighted by Gasteiger charge is -2.46. The highest BCUT2D eigenvalue weighted by Crippen LogP contribution is 2.34. The summed E-state index contributed by atoms with van der Waals surface area (Å²) >= 11 is 0. The predicted octanol–water partition coefficient (Wildman–Crippen LogP) is 4.06. The smallest absolute Gasteiger partial charge is 0.475 e. The van der Waals surface area contributed by atoms with Crippen LogP contribution in [0, 0.1) is 0 Å². The van der Waals surface area contributed by atoms with Gasteiger partial charge in [0.05, 0.1) is 24.0 Å². The zero-order valence-corrected chi connectivity index (χ0v) is 23.0. The number of aromatic nitrogens is 1. The molecule has 2 fully saturated rings. The van der Waals surface area contributed by atoms with Gasteiger partial charge in [-0.15, -0.1) is 0 Å². The first kappa shape index (κ1) is 33.8. The maximum Gasteiger partial charge on any atom is 0.490 e. The molecular weight excluding hydrogens is 602 g/mol. The number of fused-ring (bicyclic) bond motifs is 1. The van der Waals surface area contributed by atoms with E-state index in [0.29, 0.717) is 31.7 Å². The van der Waals surface area contributed by atoms with Crippen molar-refractivity contribution >= 4 is 40.2 Å². The van der Waals surface area contributed by atoms with Crippen LogP contribution in [0.2, 0.25) is 0 Å². The number of piperazine rings is 1. The number of hydrogen-bond acceptors (Lipinski definition) is 6. The molecule has 16 heteroatoms. The Kier molecular flexibility index (Phi) is 10.2. The molecule has 0 saturated carbocycles. The van der Waals surface area contributed by atoms with Crippen molar-refractivity contribution in [1.29, 1.82) is 0 Å². The molecular formula is C28H26F6N4O6. The van der Waals surface area contributed by atoms with Crippen LogP contribution in [0.4, 0.5) is 32.0 Å². The normalized spacial score (nSPS) is 18.8. The van der Waals surface area contributed by atoms with Crippen molar-refractivity contribution in [3.8, 4) is 0 Å². The average Bonchev–Trinajstić information content (AvgIpc) is 3.39. The minimum absolute atomic E-state index is 0.0517. The number of carboxylic acids is 2. The molecule has 3 heterocycles. The average molecular weight is 629 g/mol. The number of halogens is 6. The van der Waals surface area contributed by atoms with Crippen molar-refractivity contribution in [2.75, 3.05) is 38.1 Å². The fraction of sp³-hybridized carbons (Fsp3) is 0.321. The number of carbonyl (C=O) groups is 4. The second-order valence-corrected chi connectivity index (χ2v) is 9.92. The lowest BCUT2D eigenvalue weighted by atomic mass is 9.92. The Morgan fingerprint density at radius 2 is 1.45 bits per heavy atom. The summed E-state index contributed by atoms with van der Waals surface area (Å²) in [6.07, 6.45) is -5.89. The van der Waals surface area contributed by atoms with Crippen LogP contribution in [0.1, 0.15) is 16.8 Å². The number of nitrogens with zero attached hydrogens (tertiary/aromatic N) is 4. The van der Waals surface area contributed by atoms with Gasteiger partial charge in [-0.05, 0) is 48.5 Å². The largest absolute Gasteiger partial charge is 0.490 e. The number of alkyl halides is 6. The SMILES string of the molecule is CN1CC(=O)N(c2cccnc2)CC12CCN(C(=O)c1ccc3ccccc3c1)C2.O=C(O)C(F)(F)F.O=C(O)C(F)(F)F. The van der Waals surface area contributed by atoms with Gasteiger partial charge in [-0.25, -0.2) is 9.59 Å².